The van der Waals surface area contributed by atoms with E-state index < -0.39 is 0 Å². The number of nitrogens with one attached hydrogen (secondary N) is 2. The zero-order valence-electron chi connectivity index (χ0n) is 9.81. The lowest BCUT2D eigenvalue weighted by Crippen LogP contribution is -2.10. The molecule has 0 aliphatic carbocycles. The summed E-state index contributed by atoms with van der Waals surface area (Å²) in [6.45, 7) is 2.69. The van der Waals surface area contributed by atoms with Crippen LogP contribution in [0.4, 0.5) is 11.6 Å². The van der Waals surface area contributed by atoms with Crippen molar-refractivity contribution in [2.24, 2.45) is 12.9 Å². The molecule has 0 saturated heterocycles. The second kappa shape index (κ2) is 4.79. The Morgan fingerprint density at radius 1 is 1.35 bits per heavy atom. The van der Waals surface area contributed by atoms with Gasteiger partial charge < -0.3 is 10.7 Å². The van der Waals surface area contributed by atoms with Gasteiger partial charge in [0.15, 0.2) is 0 Å². The van der Waals surface area contributed by atoms with Crippen LogP contribution in [-0.4, -0.2) is 19.7 Å². The maximum absolute atomic E-state index is 5.27. The molecule has 0 unspecified atom stereocenters. The minimum Gasteiger partial charge on any atom is -0.366 e. The van der Waals surface area contributed by atoms with E-state index in [1.165, 1.54) is 6.33 Å². The molecule has 0 aromatic carbocycles. The summed E-state index contributed by atoms with van der Waals surface area (Å²) in [6, 6.07) is 1.74. The fourth-order valence-corrected chi connectivity index (χ4v) is 1.44. The maximum atomic E-state index is 5.27. The molecule has 0 radical (unpaired) electrons. The van der Waals surface area contributed by atoms with Gasteiger partial charge in [0.2, 0.25) is 0 Å². The topological polar surface area (TPSA) is 93.7 Å². The number of nitrogens with two attached hydrogens (primary N) is 1. The van der Waals surface area contributed by atoms with Crippen LogP contribution >= 0.6 is 0 Å². The molecule has 0 aliphatic heterocycles. The Balaban J connectivity index is 2.04. The standard InChI is InChI=1S/C10H15N7/c1-7-8(5-15-17(7)2)4-12-9-3-10(16-11)14-6-13-9/h3,5-6H,4,11H2,1-2H3,(H2,12,13,14,16). The molecule has 0 amide bonds. The van der Waals surface area contributed by atoms with E-state index in [-0.39, 0.29) is 0 Å². The molecule has 0 bridgehead atoms. The molecular formula is C10H15N7. The highest BCUT2D eigenvalue weighted by atomic mass is 15.3. The maximum Gasteiger partial charge on any atom is 0.145 e. The van der Waals surface area contributed by atoms with Crippen molar-refractivity contribution in [2.45, 2.75) is 13.5 Å². The highest BCUT2D eigenvalue weighted by Crippen LogP contribution is 2.11. The van der Waals surface area contributed by atoms with E-state index in [0.29, 0.717) is 12.4 Å². The number of aryl methyl sites for hydroxylation is 1. The number of anilines is 2. The van der Waals surface area contributed by atoms with Crippen molar-refractivity contribution in [1.82, 2.24) is 19.7 Å². The fraction of sp³-hybridized carbons (Fsp3) is 0.300. The van der Waals surface area contributed by atoms with Gasteiger partial charge in [-0.1, -0.05) is 0 Å². The predicted molar refractivity (Wildman–Crippen MR) is 65.1 cm³/mol. The van der Waals surface area contributed by atoms with Crippen LogP contribution in [0.1, 0.15) is 11.3 Å². The third-order valence-corrected chi connectivity index (χ3v) is 2.61. The minimum atomic E-state index is 0.574. The quantitative estimate of drug-likeness (QED) is 0.523. The number of nitrogens with zero attached hydrogens (tertiary/aromatic N) is 4. The van der Waals surface area contributed by atoms with E-state index in [1.54, 1.807) is 6.07 Å². The molecule has 2 aromatic rings. The lowest BCUT2D eigenvalue weighted by atomic mass is 10.2. The number of rotatable bonds is 4. The van der Waals surface area contributed by atoms with Gasteiger partial charge in [0.05, 0.1) is 6.20 Å². The Kier molecular flexibility index (Phi) is 3.20. The largest absolute Gasteiger partial charge is 0.366 e. The second-order valence-corrected chi connectivity index (χ2v) is 3.67. The van der Waals surface area contributed by atoms with Crippen LogP contribution in [0.25, 0.3) is 0 Å². The van der Waals surface area contributed by atoms with Gasteiger partial charge in [0, 0.05) is 30.9 Å². The number of hydrogen-bond acceptors (Lipinski definition) is 6. The van der Waals surface area contributed by atoms with Gasteiger partial charge in [-0.05, 0) is 6.92 Å². The third kappa shape index (κ3) is 2.51. The Hall–Kier alpha value is -2.15. The first-order valence-electron chi connectivity index (χ1n) is 5.20. The van der Waals surface area contributed by atoms with Crippen LogP contribution in [-0.2, 0) is 13.6 Å². The van der Waals surface area contributed by atoms with Gasteiger partial charge in [0.1, 0.15) is 18.0 Å². The first-order chi connectivity index (χ1) is 8.20. The molecule has 2 rings (SSSR count). The van der Waals surface area contributed by atoms with Gasteiger partial charge in [0.25, 0.3) is 0 Å². The average molecular weight is 233 g/mol. The lowest BCUT2D eigenvalue weighted by molar-refractivity contribution is 0.738. The summed E-state index contributed by atoms with van der Waals surface area (Å²) < 4.78 is 1.84. The zero-order valence-corrected chi connectivity index (χ0v) is 9.81. The van der Waals surface area contributed by atoms with Gasteiger partial charge >= 0.3 is 0 Å². The SMILES string of the molecule is Cc1c(CNc2cc(NN)ncn2)cnn1C. The summed E-state index contributed by atoms with van der Waals surface area (Å²) in [6.07, 6.45) is 3.29. The number of hydrazine groups is 1. The highest BCUT2D eigenvalue weighted by molar-refractivity contribution is 5.45. The predicted octanol–water partition coefficient (Wildman–Crippen LogP) is 0.416. The van der Waals surface area contributed by atoms with Crippen LogP contribution < -0.4 is 16.6 Å². The summed E-state index contributed by atoms with van der Waals surface area (Å²) in [5.41, 5.74) is 4.73. The van der Waals surface area contributed by atoms with E-state index in [4.69, 9.17) is 5.84 Å². The van der Waals surface area contributed by atoms with E-state index in [9.17, 15) is 0 Å². The van der Waals surface area contributed by atoms with Crippen molar-refractivity contribution in [2.75, 3.05) is 10.7 Å². The van der Waals surface area contributed by atoms with Gasteiger partial charge in [-0.2, -0.15) is 5.10 Å². The molecule has 90 valence electrons. The molecule has 17 heavy (non-hydrogen) atoms. The van der Waals surface area contributed by atoms with Crippen molar-refractivity contribution in [1.29, 1.82) is 0 Å². The molecule has 2 aromatic heterocycles. The molecule has 0 atom stereocenters. The van der Waals surface area contributed by atoms with E-state index >= 15 is 0 Å². The van der Waals surface area contributed by atoms with E-state index in [0.717, 1.165) is 17.1 Å². The summed E-state index contributed by atoms with van der Waals surface area (Å²) in [7, 11) is 1.92. The summed E-state index contributed by atoms with van der Waals surface area (Å²) in [5.74, 6) is 6.57. The molecule has 4 N–H and O–H groups in total. The van der Waals surface area contributed by atoms with E-state index in [1.807, 2.05) is 24.9 Å². The molecule has 7 heteroatoms. The third-order valence-electron chi connectivity index (χ3n) is 2.61. The molecule has 0 aliphatic rings. The Labute approximate surface area is 99.0 Å². The smallest absolute Gasteiger partial charge is 0.145 e. The second-order valence-electron chi connectivity index (χ2n) is 3.67. The fourth-order valence-electron chi connectivity index (χ4n) is 1.44. The molecule has 0 spiro atoms. The van der Waals surface area contributed by atoms with Crippen molar-refractivity contribution >= 4 is 11.6 Å². The first kappa shape index (κ1) is 11.3. The lowest BCUT2D eigenvalue weighted by Gasteiger charge is -2.06. The zero-order chi connectivity index (χ0) is 12.3. The minimum absolute atomic E-state index is 0.574. The summed E-state index contributed by atoms with van der Waals surface area (Å²) in [4.78, 5) is 8.02. The number of aromatic nitrogens is 4. The number of hydrogen-bond donors (Lipinski definition) is 3. The van der Waals surface area contributed by atoms with Crippen molar-refractivity contribution in [3.8, 4) is 0 Å². The van der Waals surface area contributed by atoms with Gasteiger partial charge in [-0.25, -0.2) is 15.8 Å². The normalized spacial score (nSPS) is 10.3. The van der Waals surface area contributed by atoms with Crippen LogP contribution in [0.15, 0.2) is 18.6 Å². The van der Waals surface area contributed by atoms with Crippen LogP contribution in [0.2, 0.25) is 0 Å². The van der Waals surface area contributed by atoms with Crippen LogP contribution in [0, 0.1) is 6.92 Å². The molecule has 2 heterocycles. The van der Waals surface area contributed by atoms with Crippen LogP contribution in [0.5, 0.6) is 0 Å². The monoisotopic (exact) mass is 233 g/mol. The average Bonchev–Trinajstić information content (AvgIpc) is 2.68. The first-order valence-corrected chi connectivity index (χ1v) is 5.20. The molecular weight excluding hydrogens is 218 g/mol. The number of nitrogen functional groups attached to an aromatic ring is 1. The van der Waals surface area contributed by atoms with Gasteiger partial charge in [-0.15, -0.1) is 0 Å². The Morgan fingerprint density at radius 3 is 2.76 bits per heavy atom. The van der Waals surface area contributed by atoms with Gasteiger partial charge in [-0.3, -0.25) is 4.68 Å². The van der Waals surface area contributed by atoms with Crippen molar-refractivity contribution < 1.29 is 0 Å². The molecule has 7 nitrogen and oxygen atoms in total. The summed E-state index contributed by atoms with van der Waals surface area (Å²) in [5, 5.41) is 7.36. The van der Waals surface area contributed by atoms with E-state index in [2.05, 4.69) is 25.8 Å². The molecule has 0 fully saturated rings. The Morgan fingerprint density at radius 2 is 2.12 bits per heavy atom. The summed E-state index contributed by atoms with van der Waals surface area (Å²) >= 11 is 0. The van der Waals surface area contributed by atoms with Crippen LogP contribution in [0.3, 0.4) is 0 Å². The molecule has 0 saturated carbocycles. The Bertz CT molecular complexity index is 505. The highest BCUT2D eigenvalue weighted by Gasteiger charge is 2.03. The van der Waals surface area contributed by atoms with Crippen molar-refractivity contribution in [3.63, 3.8) is 0 Å². The van der Waals surface area contributed by atoms with Crippen molar-refractivity contribution in [3.05, 3.63) is 29.8 Å².